The maximum Gasteiger partial charge on any atom is 0.418 e. The molecule has 0 fully saturated rings. The summed E-state index contributed by atoms with van der Waals surface area (Å²) < 4.78 is 45.6. The molecule has 0 unspecified atom stereocenters. The second-order valence-electron chi connectivity index (χ2n) is 4.10. The average molecular weight is 240 g/mol. The minimum atomic E-state index is -4.57. The average Bonchev–Trinajstić information content (AvgIpc) is 1.98. The molecule has 0 saturated heterocycles. The third-order valence-electron chi connectivity index (χ3n) is 1.34. The number of alkyl halides is 3. The van der Waals surface area contributed by atoms with Crippen LogP contribution in [0, 0.1) is 0 Å². The van der Waals surface area contributed by atoms with Gasteiger partial charge in [0.1, 0.15) is 12.2 Å². The molecule has 6 heteroatoms. The van der Waals surface area contributed by atoms with Crippen LogP contribution in [0.4, 0.5) is 13.2 Å². The van der Waals surface area contributed by atoms with E-state index in [0.29, 0.717) is 6.08 Å². The third kappa shape index (κ3) is 6.44. The van der Waals surface area contributed by atoms with Crippen molar-refractivity contribution in [3.8, 4) is 0 Å². The van der Waals surface area contributed by atoms with Gasteiger partial charge < -0.3 is 9.47 Å². The van der Waals surface area contributed by atoms with Crippen molar-refractivity contribution in [1.82, 2.24) is 0 Å². The van der Waals surface area contributed by atoms with Crippen molar-refractivity contribution in [1.29, 1.82) is 0 Å². The lowest BCUT2D eigenvalue weighted by atomic mass is 10.2. The molecule has 0 amide bonds. The first-order valence-electron chi connectivity index (χ1n) is 4.59. The Morgan fingerprint density at radius 2 is 1.88 bits per heavy atom. The van der Waals surface area contributed by atoms with Gasteiger partial charge in [-0.1, -0.05) is 6.08 Å². The molecule has 0 radical (unpaired) electrons. The Kier molecular flexibility index (Phi) is 4.99. The molecule has 0 N–H and O–H groups in total. The third-order valence-corrected chi connectivity index (χ3v) is 1.34. The zero-order chi connectivity index (χ0) is 13.0. The largest absolute Gasteiger partial charge is 0.458 e. The Hall–Kier alpha value is -1.04. The van der Waals surface area contributed by atoms with Gasteiger partial charge in [-0.15, -0.1) is 6.58 Å². The summed E-state index contributed by atoms with van der Waals surface area (Å²) in [6.45, 7) is 7.06. The summed E-state index contributed by atoms with van der Waals surface area (Å²) in [5, 5.41) is 0. The number of carbonyl (C=O) groups is 1. The number of hydrogen-bond acceptors (Lipinski definition) is 3. The van der Waals surface area contributed by atoms with Crippen molar-refractivity contribution >= 4 is 5.97 Å². The fourth-order valence-electron chi connectivity index (χ4n) is 0.825. The van der Waals surface area contributed by atoms with Gasteiger partial charge in [0.25, 0.3) is 0 Å². The van der Waals surface area contributed by atoms with Gasteiger partial charge in [-0.25, -0.2) is 4.79 Å². The van der Waals surface area contributed by atoms with Gasteiger partial charge in [-0.2, -0.15) is 13.2 Å². The molecule has 0 aliphatic rings. The Morgan fingerprint density at radius 1 is 1.38 bits per heavy atom. The molecule has 0 aromatic heterocycles. The highest BCUT2D eigenvalue weighted by Crippen LogP contribution is 2.23. The van der Waals surface area contributed by atoms with Crippen LogP contribution < -0.4 is 0 Å². The van der Waals surface area contributed by atoms with Crippen molar-refractivity contribution in [2.45, 2.75) is 38.7 Å². The Morgan fingerprint density at radius 3 is 2.19 bits per heavy atom. The quantitative estimate of drug-likeness (QED) is 0.559. The normalized spacial score (nSPS) is 14.4. The Labute approximate surface area is 92.2 Å². The topological polar surface area (TPSA) is 35.5 Å². The van der Waals surface area contributed by atoms with E-state index in [1.165, 1.54) is 0 Å². The first kappa shape index (κ1) is 15.0. The molecular formula is C10H15F3O3. The number of carbonyl (C=O) groups excluding carboxylic acids is 1. The van der Waals surface area contributed by atoms with Crippen molar-refractivity contribution in [3.63, 3.8) is 0 Å². The van der Waals surface area contributed by atoms with Gasteiger partial charge >= 0.3 is 12.1 Å². The number of hydrogen-bond donors (Lipinski definition) is 0. The Bertz CT molecular complexity index is 253. The van der Waals surface area contributed by atoms with E-state index in [9.17, 15) is 18.0 Å². The number of ether oxygens (including phenoxy) is 2. The maximum absolute atomic E-state index is 12.2. The fraction of sp³-hybridized carbons (Fsp3) is 0.700. The van der Waals surface area contributed by atoms with Crippen molar-refractivity contribution in [3.05, 3.63) is 12.7 Å². The highest BCUT2D eigenvalue weighted by Gasteiger charge is 2.39. The molecule has 0 aromatic carbocycles. The van der Waals surface area contributed by atoms with E-state index < -0.39 is 30.5 Å². The summed E-state index contributed by atoms with van der Waals surface area (Å²) in [6.07, 6.45) is -6.13. The summed E-state index contributed by atoms with van der Waals surface area (Å²) >= 11 is 0. The molecule has 0 heterocycles. The molecule has 0 saturated carbocycles. The second kappa shape index (κ2) is 5.34. The second-order valence-corrected chi connectivity index (χ2v) is 4.10. The van der Waals surface area contributed by atoms with Crippen molar-refractivity contribution in [2.75, 3.05) is 6.61 Å². The van der Waals surface area contributed by atoms with Gasteiger partial charge in [-0.3, -0.25) is 0 Å². The minimum Gasteiger partial charge on any atom is -0.458 e. The SMILES string of the molecule is C=C[C@H](OCC(=O)OC(C)(C)C)C(F)(F)F. The smallest absolute Gasteiger partial charge is 0.418 e. The van der Waals surface area contributed by atoms with Crippen LogP contribution in [-0.2, 0) is 14.3 Å². The molecule has 0 aliphatic heterocycles. The van der Waals surface area contributed by atoms with Gasteiger partial charge in [0.2, 0.25) is 0 Å². The first-order chi connectivity index (χ1) is 7.06. The number of esters is 1. The lowest BCUT2D eigenvalue weighted by Crippen LogP contribution is -2.33. The van der Waals surface area contributed by atoms with E-state index in [1.807, 2.05) is 0 Å². The van der Waals surface area contributed by atoms with Gasteiger partial charge in [-0.05, 0) is 20.8 Å². The van der Waals surface area contributed by atoms with Crippen molar-refractivity contribution < 1.29 is 27.4 Å². The summed E-state index contributed by atoms with van der Waals surface area (Å²) in [5.41, 5.74) is -0.748. The highest BCUT2D eigenvalue weighted by atomic mass is 19.4. The van der Waals surface area contributed by atoms with Crippen LogP contribution in [0.1, 0.15) is 20.8 Å². The summed E-state index contributed by atoms with van der Waals surface area (Å²) in [4.78, 5) is 11.1. The molecular weight excluding hydrogens is 225 g/mol. The lowest BCUT2D eigenvalue weighted by Gasteiger charge is -2.21. The molecule has 0 aliphatic carbocycles. The zero-order valence-corrected chi connectivity index (χ0v) is 9.43. The molecule has 0 aromatic rings. The predicted molar refractivity (Wildman–Crippen MR) is 51.8 cm³/mol. The molecule has 0 rings (SSSR count). The van der Waals surface area contributed by atoms with E-state index in [-0.39, 0.29) is 0 Å². The minimum absolute atomic E-state index is 0.588. The molecule has 94 valence electrons. The Balaban J connectivity index is 4.14. The van der Waals surface area contributed by atoms with Gasteiger partial charge in [0, 0.05) is 0 Å². The summed E-state index contributed by atoms with van der Waals surface area (Å²) in [7, 11) is 0. The summed E-state index contributed by atoms with van der Waals surface area (Å²) in [5.74, 6) is -0.844. The monoisotopic (exact) mass is 240 g/mol. The zero-order valence-electron chi connectivity index (χ0n) is 9.43. The van der Waals surface area contributed by atoms with E-state index >= 15 is 0 Å². The van der Waals surface area contributed by atoms with Crippen LogP contribution in [0.5, 0.6) is 0 Å². The number of rotatable bonds is 4. The molecule has 16 heavy (non-hydrogen) atoms. The van der Waals surface area contributed by atoms with Crippen LogP contribution in [0.2, 0.25) is 0 Å². The van der Waals surface area contributed by atoms with Gasteiger partial charge in [0.15, 0.2) is 6.10 Å². The molecule has 1 atom stereocenters. The highest BCUT2D eigenvalue weighted by molar-refractivity contribution is 5.71. The molecule has 0 spiro atoms. The lowest BCUT2D eigenvalue weighted by molar-refractivity contribution is -0.209. The van der Waals surface area contributed by atoms with Crippen LogP contribution in [0.3, 0.4) is 0 Å². The van der Waals surface area contributed by atoms with E-state index in [0.717, 1.165) is 0 Å². The first-order valence-corrected chi connectivity index (χ1v) is 4.59. The molecule has 0 bridgehead atoms. The van der Waals surface area contributed by atoms with Crippen LogP contribution >= 0.6 is 0 Å². The maximum atomic E-state index is 12.2. The van der Waals surface area contributed by atoms with Crippen LogP contribution in [0.25, 0.3) is 0 Å². The van der Waals surface area contributed by atoms with E-state index in [1.54, 1.807) is 20.8 Å². The van der Waals surface area contributed by atoms with E-state index in [4.69, 9.17) is 4.74 Å². The molecule has 3 nitrogen and oxygen atoms in total. The van der Waals surface area contributed by atoms with Crippen molar-refractivity contribution in [2.24, 2.45) is 0 Å². The standard InChI is InChI=1S/C10H15F3O3/c1-5-7(10(11,12)13)15-6-8(14)16-9(2,3)4/h5,7H,1,6H2,2-4H3/t7-/m0/s1. The predicted octanol–water partition coefficient (Wildman–Crippen LogP) is 2.46. The fourth-order valence-corrected chi connectivity index (χ4v) is 0.825. The van der Waals surface area contributed by atoms with Crippen LogP contribution in [0.15, 0.2) is 12.7 Å². The van der Waals surface area contributed by atoms with E-state index in [2.05, 4.69) is 11.3 Å². The number of halogens is 3. The van der Waals surface area contributed by atoms with Crippen LogP contribution in [-0.4, -0.2) is 30.5 Å². The summed E-state index contributed by atoms with van der Waals surface area (Å²) in [6, 6.07) is 0. The van der Waals surface area contributed by atoms with Gasteiger partial charge in [0.05, 0.1) is 0 Å².